The lowest BCUT2D eigenvalue weighted by molar-refractivity contribution is -0.141. The number of thioether (sulfide) groups is 1. The molecule has 0 aliphatic rings. The molecule has 1 aromatic carbocycles. The van der Waals surface area contributed by atoms with Crippen LogP contribution < -0.4 is 0 Å². The first-order valence-corrected chi connectivity index (χ1v) is 9.27. The lowest BCUT2D eigenvalue weighted by Crippen LogP contribution is -2.08. The summed E-state index contributed by atoms with van der Waals surface area (Å²) in [7, 11) is 0. The lowest BCUT2D eigenvalue weighted by atomic mass is 10.2. The third kappa shape index (κ3) is 4.32. The van der Waals surface area contributed by atoms with Crippen LogP contribution in [0.5, 0.6) is 0 Å². The fourth-order valence-electron chi connectivity index (χ4n) is 2.38. The van der Waals surface area contributed by atoms with Crippen LogP contribution in [0.2, 0.25) is 5.15 Å². The number of hydrogen-bond donors (Lipinski definition) is 0. The summed E-state index contributed by atoms with van der Waals surface area (Å²) in [5.41, 5.74) is 3.40. The van der Waals surface area contributed by atoms with E-state index in [0.29, 0.717) is 16.5 Å². The zero-order chi connectivity index (χ0) is 17.8. The first kappa shape index (κ1) is 17.8. The minimum Gasteiger partial charge on any atom is -0.460 e. The number of ether oxygens (including phenoxy) is 1. The highest BCUT2D eigenvalue weighted by molar-refractivity contribution is 7.99. The molecule has 7 heteroatoms. The molecule has 0 aliphatic heterocycles. The first-order valence-electron chi connectivity index (χ1n) is 7.74. The minimum absolute atomic E-state index is 0.112. The van der Waals surface area contributed by atoms with E-state index in [1.807, 2.05) is 44.2 Å². The fourth-order valence-corrected chi connectivity index (χ4v) is 3.55. The molecule has 5 nitrogen and oxygen atoms in total. The Kier molecular flexibility index (Phi) is 5.60. The maximum atomic E-state index is 11.9. The summed E-state index contributed by atoms with van der Waals surface area (Å²) in [6, 6.07) is 9.57. The van der Waals surface area contributed by atoms with Crippen LogP contribution in [0.4, 0.5) is 0 Å². The molecule has 2 aromatic heterocycles. The Morgan fingerprint density at radius 1 is 1.32 bits per heavy atom. The van der Waals surface area contributed by atoms with Gasteiger partial charge in [0.15, 0.2) is 0 Å². The third-order valence-corrected chi connectivity index (χ3v) is 5.05. The number of benzene rings is 1. The number of fused-ring (bicyclic) bond motifs is 1. The zero-order valence-electron chi connectivity index (χ0n) is 13.9. The van der Waals surface area contributed by atoms with Gasteiger partial charge in [-0.1, -0.05) is 35.0 Å². The molecule has 0 atom stereocenters. The van der Waals surface area contributed by atoms with E-state index < -0.39 is 0 Å². The van der Waals surface area contributed by atoms with Gasteiger partial charge in [-0.05, 0) is 26.0 Å². The van der Waals surface area contributed by atoms with Crippen LogP contribution in [0.3, 0.4) is 0 Å². The normalized spacial score (nSPS) is 11.0. The van der Waals surface area contributed by atoms with Crippen molar-refractivity contribution in [1.82, 2.24) is 10.1 Å². The maximum Gasteiger partial charge on any atom is 0.316 e. The maximum absolute atomic E-state index is 11.9. The summed E-state index contributed by atoms with van der Waals surface area (Å²) in [5, 5.41) is 5.22. The Balaban J connectivity index is 1.53. The smallest absolute Gasteiger partial charge is 0.316 e. The fraction of sp³-hybridized carbons (Fsp3) is 0.278. The Morgan fingerprint density at radius 3 is 2.88 bits per heavy atom. The van der Waals surface area contributed by atoms with Crippen molar-refractivity contribution in [2.24, 2.45) is 0 Å². The van der Waals surface area contributed by atoms with Crippen molar-refractivity contribution >= 4 is 40.2 Å². The number of aryl methyl sites for hydroxylation is 2. The summed E-state index contributed by atoms with van der Waals surface area (Å²) >= 11 is 7.63. The van der Waals surface area contributed by atoms with E-state index in [1.54, 1.807) is 0 Å². The standard InChI is InChI=1S/C18H17ClN2O3S/c1-11-15(12(2)24-21-11)9-25-10-17(22)23-8-14-7-13-5-3-4-6-16(13)20-18(14)19/h3-7H,8-10H2,1-2H3. The van der Waals surface area contributed by atoms with Gasteiger partial charge in [-0.3, -0.25) is 4.79 Å². The predicted molar refractivity (Wildman–Crippen MR) is 98.7 cm³/mol. The van der Waals surface area contributed by atoms with Gasteiger partial charge < -0.3 is 9.26 Å². The number of para-hydroxylation sites is 1. The second-order valence-electron chi connectivity index (χ2n) is 5.59. The SMILES string of the molecule is Cc1noc(C)c1CSCC(=O)OCc1cc2ccccc2nc1Cl. The van der Waals surface area contributed by atoms with Crippen LogP contribution in [-0.2, 0) is 21.9 Å². The van der Waals surface area contributed by atoms with E-state index in [0.717, 1.165) is 27.9 Å². The van der Waals surface area contributed by atoms with Gasteiger partial charge in [-0.2, -0.15) is 0 Å². The molecule has 3 aromatic rings. The van der Waals surface area contributed by atoms with Gasteiger partial charge in [0, 0.05) is 22.3 Å². The molecule has 0 fully saturated rings. The summed E-state index contributed by atoms with van der Waals surface area (Å²) in [5.74, 6) is 1.41. The number of carbonyl (C=O) groups is 1. The molecule has 2 heterocycles. The summed E-state index contributed by atoms with van der Waals surface area (Å²) < 4.78 is 10.4. The molecule has 0 bridgehead atoms. The topological polar surface area (TPSA) is 65.2 Å². The van der Waals surface area contributed by atoms with Crippen LogP contribution in [0.1, 0.15) is 22.6 Å². The van der Waals surface area contributed by atoms with Crippen molar-refractivity contribution in [3.05, 3.63) is 58.1 Å². The summed E-state index contributed by atoms with van der Waals surface area (Å²) in [6.45, 7) is 3.86. The number of carbonyl (C=O) groups excluding carboxylic acids is 1. The average Bonchev–Trinajstić information content (AvgIpc) is 2.92. The lowest BCUT2D eigenvalue weighted by Gasteiger charge is -2.08. The number of aromatic nitrogens is 2. The second kappa shape index (κ2) is 7.89. The number of hydrogen-bond acceptors (Lipinski definition) is 6. The van der Waals surface area contributed by atoms with Crippen LogP contribution in [-0.4, -0.2) is 21.9 Å². The summed E-state index contributed by atoms with van der Waals surface area (Å²) in [6.07, 6.45) is 0. The molecular formula is C18H17ClN2O3S. The molecule has 130 valence electrons. The van der Waals surface area contributed by atoms with Crippen molar-refractivity contribution in [3.63, 3.8) is 0 Å². The molecular weight excluding hydrogens is 360 g/mol. The van der Waals surface area contributed by atoms with Gasteiger partial charge in [0.05, 0.1) is 17.0 Å². The van der Waals surface area contributed by atoms with Gasteiger partial charge in [-0.25, -0.2) is 4.98 Å². The van der Waals surface area contributed by atoms with Crippen molar-refractivity contribution in [2.75, 3.05) is 5.75 Å². The highest BCUT2D eigenvalue weighted by Crippen LogP contribution is 2.22. The van der Waals surface area contributed by atoms with E-state index in [2.05, 4.69) is 10.1 Å². The molecule has 3 rings (SSSR count). The van der Waals surface area contributed by atoms with Crippen LogP contribution in [0.25, 0.3) is 10.9 Å². The minimum atomic E-state index is -0.291. The van der Waals surface area contributed by atoms with E-state index in [-0.39, 0.29) is 18.3 Å². The highest BCUT2D eigenvalue weighted by Gasteiger charge is 2.12. The largest absolute Gasteiger partial charge is 0.460 e. The van der Waals surface area contributed by atoms with Gasteiger partial charge >= 0.3 is 5.97 Å². The molecule has 25 heavy (non-hydrogen) atoms. The van der Waals surface area contributed by atoms with E-state index in [9.17, 15) is 4.79 Å². The van der Waals surface area contributed by atoms with Crippen molar-refractivity contribution in [3.8, 4) is 0 Å². The molecule has 0 spiro atoms. The van der Waals surface area contributed by atoms with Crippen molar-refractivity contribution < 1.29 is 14.1 Å². The molecule has 0 amide bonds. The van der Waals surface area contributed by atoms with Crippen molar-refractivity contribution in [2.45, 2.75) is 26.2 Å². The summed E-state index contributed by atoms with van der Waals surface area (Å²) in [4.78, 5) is 16.3. The quantitative estimate of drug-likeness (QED) is 0.467. The van der Waals surface area contributed by atoms with Gasteiger partial charge in [0.1, 0.15) is 17.5 Å². The van der Waals surface area contributed by atoms with E-state index in [4.69, 9.17) is 20.9 Å². The van der Waals surface area contributed by atoms with Gasteiger partial charge in [0.25, 0.3) is 0 Å². The second-order valence-corrected chi connectivity index (χ2v) is 6.93. The molecule has 0 radical (unpaired) electrons. The first-order chi connectivity index (χ1) is 12.0. The van der Waals surface area contributed by atoms with Crippen LogP contribution in [0.15, 0.2) is 34.9 Å². The van der Waals surface area contributed by atoms with Crippen molar-refractivity contribution in [1.29, 1.82) is 0 Å². The van der Waals surface area contributed by atoms with E-state index in [1.165, 1.54) is 11.8 Å². The monoisotopic (exact) mass is 376 g/mol. The van der Waals surface area contributed by atoms with Crippen LogP contribution >= 0.6 is 23.4 Å². The number of pyridine rings is 1. The molecule has 0 saturated carbocycles. The van der Waals surface area contributed by atoms with Crippen LogP contribution in [0, 0.1) is 13.8 Å². The Bertz CT molecular complexity index is 891. The average molecular weight is 377 g/mol. The number of halogens is 1. The number of esters is 1. The van der Waals surface area contributed by atoms with E-state index >= 15 is 0 Å². The Hall–Kier alpha value is -2.05. The molecule has 0 aliphatic carbocycles. The molecule has 0 saturated heterocycles. The number of rotatable bonds is 6. The molecule has 0 N–H and O–H groups in total. The van der Waals surface area contributed by atoms with Gasteiger partial charge in [0.2, 0.25) is 0 Å². The predicted octanol–water partition coefficient (Wildman–Crippen LogP) is 4.47. The third-order valence-electron chi connectivity index (χ3n) is 3.79. The zero-order valence-corrected chi connectivity index (χ0v) is 15.5. The van der Waals surface area contributed by atoms with Gasteiger partial charge in [-0.15, -0.1) is 11.8 Å². The molecule has 0 unspecified atom stereocenters. The number of nitrogens with zero attached hydrogens (tertiary/aromatic N) is 2. The highest BCUT2D eigenvalue weighted by atomic mass is 35.5. The Labute approximate surface area is 154 Å². The Morgan fingerprint density at radius 2 is 2.12 bits per heavy atom.